The number of halogens is 1. The van der Waals surface area contributed by atoms with E-state index >= 15 is 0 Å². The van der Waals surface area contributed by atoms with Crippen LogP contribution in [0.2, 0.25) is 5.02 Å². The molecule has 1 aliphatic heterocycles. The van der Waals surface area contributed by atoms with Crippen LogP contribution in [0.5, 0.6) is 0 Å². The Labute approximate surface area is 132 Å². The molecular formula is C15H16ClN3O3. The number of rotatable bonds is 4. The van der Waals surface area contributed by atoms with Crippen LogP contribution in [0.1, 0.15) is 16.9 Å². The first-order valence-corrected chi connectivity index (χ1v) is 7.32. The molecule has 0 radical (unpaired) electrons. The number of aromatic nitrogens is 2. The highest BCUT2D eigenvalue weighted by Gasteiger charge is 2.36. The van der Waals surface area contributed by atoms with Crippen molar-refractivity contribution in [2.45, 2.75) is 12.0 Å². The van der Waals surface area contributed by atoms with Gasteiger partial charge in [-0.2, -0.15) is 5.10 Å². The molecule has 0 saturated carbocycles. The van der Waals surface area contributed by atoms with Crippen molar-refractivity contribution >= 4 is 17.5 Å². The average Bonchev–Trinajstić information content (AvgIpc) is 3.18. The van der Waals surface area contributed by atoms with Crippen LogP contribution in [0.15, 0.2) is 36.5 Å². The van der Waals surface area contributed by atoms with Crippen LogP contribution in [-0.4, -0.2) is 46.2 Å². The molecule has 0 spiro atoms. The monoisotopic (exact) mass is 321 g/mol. The van der Waals surface area contributed by atoms with Crippen molar-refractivity contribution in [2.75, 3.05) is 19.8 Å². The van der Waals surface area contributed by atoms with Gasteiger partial charge in [-0.1, -0.05) is 11.6 Å². The van der Waals surface area contributed by atoms with E-state index in [1.807, 2.05) is 12.1 Å². The van der Waals surface area contributed by atoms with Gasteiger partial charge >= 0.3 is 0 Å². The largest absolute Gasteiger partial charge is 0.394 e. The second-order valence-corrected chi connectivity index (χ2v) is 5.75. The number of ether oxygens (including phenoxy) is 1. The molecule has 3 rings (SSSR count). The molecule has 0 bridgehead atoms. The van der Waals surface area contributed by atoms with E-state index in [4.69, 9.17) is 16.3 Å². The zero-order chi connectivity index (χ0) is 15.6. The highest BCUT2D eigenvalue weighted by Crippen LogP contribution is 2.19. The van der Waals surface area contributed by atoms with Gasteiger partial charge in [-0.3, -0.25) is 4.79 Å². The lowest BCUT2D eigenvalue weighted by Crippen LogP contribution is -2.52. The van der Waals surface area contributed by atoms with E-state index in [1.54, 1.807) is 29.1 Å². The van der Waals surface area contributed by atoms with Gasteiger partial charge in [0.05, 0.1) is 24.4 Å². The van der Waals surface area contributed by atoms with Gasteiger partial charge < -0.3 is 15.2 Å². The first-order chi connectivity index (χ1) is 10.6. The Bertz CT molecular complexity index is 663. The van der Waals surface area contributed by atoms with Gasteiger partial charge in [0.1, 0.15) is 0 Å². The van der Waals surface area contributed by atoms with Crippen molar-refractivity contribution in [3.8, 4) is 5.69 Å². The summed E-state index contributed by atoms with van der Waals surface area (Å²) in [6.45, 7) is 0.684. The maximum absolute atomic E-state index is 12.3. The number of nitrogens with one attached hydrogen (secondary N) is 1. The lowest BCUT2D eigenvalue weighted by atomic mass is 10.00. The number of nitrogens with zero attached hydrogens (tertiary/aromatic N) is 2. The lowest BCUT2D eigenvalue weighted by Gasteiger charge is -2.25. The van der Waals surface area contributed by atoms with Crippen molar-refractivity contribution in [3.05, 3.63) is 47.2 Å². The number of aliphatic hydroxyl groups is 1. The molecule has 22 heavy (non-hydrogen) atoms. The molecule has 2 heterocycles. The predicted molar refractivity (Wildman–Crippen MR) is 81.3 cm³/mol. The van der Waals surface area contributed by atoms with Crippen LogP contribution >= 0.6 is 11.6 Å². The Kier molecular flexibility index (Phi) is 4.15. The van der Waals surface area contributed by atoms with E-state index in [0.29, 0.717) is 24.7 Å². The summed E-state index contributed by atoms with van der Waals surface area (Å²) in [6, 6.07) is 8.78. The summed E-state index contributed by atoms with van der Waals surface area (Å²) in [7, 11) is 0. The molecule has 1 atom stereocenters. The molecule has 1 aliphatic rings. The minimum atomic E-state index is -0.707. The fourth-order valence-corrected chi connectivity index (χ4v) is 2.48. The summed E-state index contributed by atoms with van der Waals surface area (Å²) < 4.78 is 6.86. The molecule has 6 nitrogen and oxygen atoms in total. The van der Waals surface area contributed by atoms with Gasteiger partial charge in [0, 0.05) is 17.8 Å². The van der Waals surface area contributed by atoms with E-state index < -0.39 is 5.54 Å². The molecule has 7 heteroatoms. The first kappa shape index (κ1) is 15.0. The predicted octanol–water partition coefficient (Wildman–Crippen LogP) is 1.41. The van der Waals surface area contributed by atoms with Gasteiger partial charge in [0.15, 0.2) is 5.69 Å². The minimum Gasteiger partial charge on any atom is -0.394 e. The zero-order valence-electron chi connectivity index (χ0n) is 11.8. The van der Waals surface area contributed by atoms with Crippen molar-refractivity contribution in [1.82, 2.24) is 15.1 Å². The maximum Gasteiger partial charge on any atom is 0.272 e. The average molecular weight is 322 g/mol. The number of aliphatic hydroxyl groups excluding tert-OH is 1. The molecule has 1 saturated heterocycles. The Morgan fingerprint density at radius 2 is 2.18 bits per heavy atom. The molecular weight excluding hydrogens is 306 g/mol. The summed E-state index contributed by atoms with van der Waals surface area (Å²) in [5.41, 5.74) is 0.389. The standard InChI is InChI=1S/C15H16ClN3O3/c16-11-1-3-12(4-2-11)19-7-5-13(18-19)14(21)17-15(9-20)6-8-22-10-15/h1-5,7,20H,6,8-10H2,(H,17,21). The number of hydrogen-bond acceptors (Lipinski definition) is 4. The minimum absolute atomic E-state index is 0.156. The van der Waals surface area contributed by atoms with Gasteiger partial charge in [-0.25, -0.2) is 4.68 Å². The third-order valence-electron chi connectivity index (χ3n) is 3.70. The van der Waals surface area contributed by atoms with E-state index in [0.717, 1.165) is 5.69 Å². The van der Waals surface area contributed by atoms with Crippen molar-refractivity contribution < 1.29 is 14.6 Å². The highest BCUT2D eigenvalue weighted by atomic mass is 35.5. The molecule has 1 fully saturated rings. The normalized spacial score (nSPS) is 21.0. The van der Waals surface area contributed by atoms with E-state index in [9.17, 15) is 9.90 Å². The van der Waals surface area contributed by atoms with Crippen LogP contribution in [-0.2, 0) is 4.74 Å². The molecule has 2 N–H and O–H groups in total. The molecule has 1 aromatic carbocycles. The van der Waals surface area contributed by atoms with Crippen LogP contribution in [0, 0.1) is 0 Å². The quantitative estimate of drug-likeness (QED) is 0.892. The second kappa shape index (κ2) is 6.08. The van der Waals surface area contributed by atoms with Crippen LogP contribution < -0.4 is 5.32 Å². The van der Waals surface area contributed by atoms with Crippen molar-refractivity contribution in [3.63, 3.8) is 0 Å². The smallest absolute Gasteiger partial charge is 0.272 e. The van der Waals surface area contributed by atoms with Crippen LogP contribution in [0.25, 0.3) is 5.69 Å². The molecule has 0 aliphatic carbocycles. The summed E-state index contributed by atoms with van der Waals surface area (Å²) in [5.74, 6) is -0.327. The third kappa shape index (κ3) is 2.99. The molecule has 1 unspecified atom stereocenters. The number of carbonyl (C=O) groups excluding carboxylic acids is 1. The Morgan fingerprint density at radius 1 is 1.41 bits per heavy atom. The summed E-state index contributed by atoms with van der Waals surface area (Å²) in [4.78, 5) is 12.3. The summed E-state index contributed by atoms with van der Waals surface area (Å²) in [5, 5.41) is 17.2. The van der Waals surface area contributed by atoms with Gasteiger partial charge in [0.2, 0.25) is 0 Å². The second-order valence-electron chi connectivity index (χ2n) is 5.32. The SMILES string of the molecule is O=C(NC1(CO)CCOC1)c1ccn(-c2ccc(Cl)cc2)n1. The summed E-state index contributed by atoms with van der Waals surface area (Å²) >= 11 is 5.85. The van der Waals surface area contributed by atoms with E-state index in [1.165, 1.54) is 0 Å². The third-order valence-corrected chi connectivity index (χ3v) is 3.95. The van der Waals surface area contributed by atoms with E-state index in [-0.39, 0.29) is 18.2 Å². The number of hydrogen-bond donors (Lipinski definition) is 2. The van der Waals surface area contributed by atoms with Crippen LogP contribution in [0.4, 0.5) is 0 Å². The maximum atomic E-state index is 12.3. The highest BCUT2D eigenvalue weighted by molar-refractivity contribution is 6.30. The number of amides is 1. The Hall–Kier alpha value is -1.89. The topological polar surface area (TPSA) is 76.4 Å². The van der Waals surface area contributed by atoms with Gasteiger partial charge in [-0.15, -0.1) is 0 Å². The summed E-state index contributed by atoms with van der Waals surface area (Å²) in [6.07, 6.45) is 2.29. The lowest BCUT2D eigenvalue weighted by molar-refractivity contribution is 0.0784. The van der Waals surface area contributed by atoms with Crippen molar-refractivity contribution in [1.29, 1.82) is 0 Å². The number of carbonyl (C=O) groups is 1. The molecule has 116 valence electrons. The first-order valence-electron chi connectivity index (χ1n) is 6.95. The van der Waals surface area contributed by atoms with Gasteiger partial charge in [-0.05, 0) is 36.8 Å². The fourth-order valence-electron chi connectivity index (χ4n) is 2.36. The van der Waals surface area contributed by atoms with E-state index in [2.05, 4.69) is 10.4 Å². The van der Waals surface area contributed by atoms with Crippen LogP contribution in [0.3, 0.4) is 0 Å². The zero-order valence-corrected chi connectivity index (χ0v) is 12.6. The molecule has 1 amide bonds. The Morgan fingerprint density at radius 3 is 2.82 bits per heavy atom. The molecule has 2 aromatic rings. The van der Waals surface area contributed by atoms with Crippen molar-refractivity contribution in [2.24, 2.45) is 0 Å². The van der Waals surface area contributed by atoms with Gasteiger partial charge in [0.25, 0.3) is 5.91 Å². The number of benzene rings is 1. The Balaban J connectivity index is 1.75. The fraction of sp³-hybridized carbons (Fsp3) is 0.333. The molecule has 1 aromatic heterocycles.